The van der Waals surface area contributed by atoms with Crippen molar-refractivity contribution in [1.29, 1.82) is 0 Å². The number of nitrogens with one attached hydrogen (secondary N) is 2. The standard InChI is InChI=1S/C20H16FN3O5S/c1-13-18(3-2-4-19(13)24(26)27)20(25)22-15-7-9-16(10-8-15)23-30(28,29)17-11-5-14(21)6-12-17/h2-12,23H,1H3,(H,22,25). The predicted octanol–water partition coefficient (Wildman–Crippen LogP) is 4.10. The Labute approximate surface area is 171 Å². The molecule has 0 saturated carbocycles. The van der Waals surface area contributed by atoms with Gasteiger partial charge in [-0.1, -0.05) is 6.07 Å². The summed E-state index contributed by atoms with van der Waals surface area (Å²) in [6, 6.07) is 14.4. The van der Waals surface area contributed by atoms with Crippen molar-refractivity contribution in [1.82, 2.24) is 0 Å². The molecule has 0 heterocycles. The second kappa shape index (κ2) is 8.29. The van der Waals surface area contributed by atoms with Gasteiger partial charge in [0.05, 0.1) is 9.82 Å². The summed E-state index contributed by atoms with van der Waals surface area (Å²) < 4.78 is 40.0. The lowest BCUT2D eigenvalue weighted by Gasteiger charge is -2.10. The molecule has 0 radical (unpaired) electrons. The van der Waals surface area contributed by atoms with Crippen molar-refractivity contribution in [3.8, 4) is 0 Å². The van der Waals surface area contributed by atoms with Gasteiger partial charge in [-0.15, -0.1) is 0 Å². The minimum atomic E-state index is -3.90. The summed E-state index contributed by atoms with van der Waals surface area (Å²) >= 11 is 0. The quantitative estimate of drug-likeness (QED) is 0.452. The first-order chi connectivity index (χ1) is 14.2. The molecule has 0 saturated heterocycles. The predicted molar refractivity (Wildman–Crippen MR) is 109 cm³/mol. The lowest BCUT2D eigenvalue weighted by atomic mass is 10.1. The van der Waals surface area contributed by atoms with Gasteiger partial charge in [-0.25, -0.2) is 12.8 Å². The van der Waals surface area contributed by atoms with E-state index in [-0.39, 0.29) is 27.4 Å². The maximum absolute atomic E-state index is 13.0. The number of halogens is 1. The molecule has 30 heavy (non-hydrogen) atoms. The molecule has 154 valence electrons. The van der Waals surface area contributed by atoms with Crippen LogP contribution in [0.5, 0.6) is 0 Å². The zero-order chi connectivity index (χ0) is 21.9. The van der Waals surface area contributed by atoms with E-state index in [1.54, 1.807) is 0 Å². The number of amides is 1. The van der Waals surface area contributed by atoms with E-state index in [4.69, 9.17) is 0 Å². The van der Waals surface area contributed by atoms with E-state index < -0.39 is 26.7 Å². The number of hydrogen-bond acceptors (Lipinski definition) is 5. The van der Waals surface area contributed by atoms with Gasteiger partial charge < -0.3 is 5.32 Å². The number of carbonyl (C=O) groups is 1. The van der Waals surface area contributed by atoms with Gasteiger partial charge in [0, 0.05) is 28.6 Å². The highest BCUT2D eigenvalue weighted by atomic mass is 32.2. The van der Waals surface area contributed by atoms with Gasteiger partial charge in [0.25, 0.3) is 21.6 Å². The van der Waals surface area contributed by atoms with Gasteiger partial charge in [-0.05, 0) is 61.5 Å². The summed E-state index contributed by atoms with van der Waals surface area (Å²) in [4.78, 5) is 22.8. The molecule has 3 aromatic carbocycles. The molecule has 10 heteroatoms. The van der Waals surface area contributed by atoms with Crippen LogP contribution in [-0.4, -0.2) is 19.2 Å². The van der Waals surface area contributed by atoms with Crippen LogP contribution in [0, 0.1) is 22.9 Å². The zero-order valence-electron chi connectivity index (χ0n) is 15.6. The Balaban J connectivity index is 1.73. The van der Waals surface area contributed by atoms with Crippen molar-refractivity contribution in [2.75, 3.05) is 10.0 Å². The Morgan fingerprint density at radius 3 is 2.17 bits per heavy atom. The summed E-state index contributed by atoms with van der Waals surface area (Å²) in [5.74, 6) is -1.08. The molecule has 0 spiro atoms. The molecular formula is C20H16FN3O5S. The van der Waals surface area contributed by atoms with E-state index >= 15 is 0 Å². The highest BCUT2D eigenvalue weighted by molar-refractivity contribution is 7.92. The minimum Gasteiger partial charge on any atom is -0.322 e. The summed E-state index contributed by atoms with van der Waals surface area (Å²) in [7, 11) is -3.90. The van der Waals surface area contributed by atoms with E-state index in [9.17, 15) is 27.7 Å². The van der Waals surface area contributed by atoms with Crippen molar-refractivity contribution in [2.45, 2.75) is 11.8 Å². The van der Waals surface area contributed by atoms with Gasteiger partial charge in [-0.3, -0.25) is 19.6 Å². The van der Waals surface area contributed by atoms with Gasteiger partial charge in [0.2, 0.25) is 0 Å². The molecule has 3 aromatic rings. The fraction of sp³-hybridized carbons (Fsp3) is 0.0500. The molecule has 3 rings (SSSR count). The van der Waals surface area contributed by atoms with Crippen molar-refractivity contribution in [3.05, 3.63) is 93.8 Å². The average molecular weight is 429 g/mol. The topological polar surface area (TPSA) is 118 Å². The molecule has 0 atom stereocenters. The Hall–Kier alpha value is -3.79. The third kappa shape index (κ3) is 4.61. The highest BCUT2D eigenvalue weighted by Gasteiger charge is 2.18. The fourth-order valence-corrected chi connectivity index (χ4v) is 3.77. The van der Waals surface area contributed by atoms with E-state index in [2.05, 4.69) is 10.0 Å². The molecule has 0 fully saturated rings. The number of sulfonamides is 1. The average Bonchev–Trinajstić information content (AvgIpc) is 2.69. The van der Waals surface area contributed by atoms with E-state index in [1.165, 1.54) is 49.4 Å². The number of nitro benzene ring substituents is 1. The van der Waals surface area contributed by atoms with Crippen LogP contribution in [0.25, 0.3) is 0 Å². The largest absolute Gasteiger partial charge is 0.322 e. The molecule has 0 bridgehead atoms. The molecule has 0 aliphatic heterocycles. The van der Waals surface area contributed by atoms with Gasteiger partial charge >= 0.3 is 0 Å². The number of hydrogen-bond donors (Lipinski definition) is 2. The first kappa shape index (κ1) is 20.9. The molecule has 0 aliphatic rings. The summed E-state index contributed by atoms with van der Waals surface area (Å²) in [5.41, 5.74) is 0.849. The third-order valence-corrected chi connectivity index (χ3v) is 5.66. The zero-order valence-corrected chi connectivity index (χ0v) is 16.4. The number of nitrogens with zero attached hydrogens (tertiary/aromatic N) is 1. The fourth-order valence-electron chi connectivity index (χ4n) is 2.72. The first-order valence-corrected chi connectivity index (χ1v) is 10.1. The molecule has 8 nitrogen and oxygen atoms in total. The lowest BCUT2D eigenvalue weighted by Crippen LogP contribution is -2.15. The van der Waals surface area contributed by atoms with Crippen LogP contribution in [0.2, 0.25) is 0 Å². The van der Waals surface area contributed by atoms with Gasteiger partial charge in [0.1, 0.15) is 5.82 Å². The van der Waals surface area contributed by atoms with E-state index in [0.717, 1.165) is 24.3 Å². The molecule has 0 aromatic heterocycles. The molecule has 0 aliphatic carbocycles. The van der Waals surface area contributed by atoms with Crippen LogP contribution in [-0.2, 0) is 10.0 Å². The van der Waals surface area contributed by atoms with Gasteiger partial charge in [0.15, 0.2) is 0 Å². The molecular weight excluding hydrogens is 413 g/mol. The molecule has 1 amide bonds. The number of rotatable bonds is 6. The summed E-state index contributed by atoms with van der Waals surface area (Å²) in [5, 5.41) is 13.6. The second-order valence-electron chi connectivity index (χ2n) is 6.30. The van der Waals surface area contributed by atoms with Crippen molar-refractivity contribution < 1.29 is 22.5 Å². The van der Waals surface area contributed by atoms with Crippen molar-refractivity contribution in [3.63, 3.8) is 0 Å². The van der Waals surface area contributed by atoms with E-state index in [0.29, 0.717) is 5.69 Å². The van der Waals surface area contributed by atoms with Crippen LogP contribution in [0.3, 0.4) is 0 Å². The highest BCUT2D eigenvalue weighted by Crippen LogP contribution is 2.23. The van der Waals surface area contributed by atoms with Gasteiger partial charge in [-0.2, -0.15) is 0 Å². The van der Waals surface area contributed by atoms with Crippen LogP contribution >= 0.6 is 0 Å². The first-order valence-electron chi connectivity index (χ1n) is 8.61. The Morgan fingerprint density at radius 2 is 1.57 bits per heavy atom. The maximum atomic E-state index is 13.0. The Morgan fingerprint density at radius 1 is 0.967 bits per heavy atom. The minimum absolute atomic E-state index is 0.0950. The van der Waals surface area contributed by atoms with Crippen LogP contribution in [0.1, 0.15) is 15.9 Å². The number of benzene rings is 3. The summed E-state index contributed by atoms with van der Waals surface area (Å²) in [6.45, 7) is 1.49. The Kier molecular flexibility index (Phi) is 5.79. The Bertz CT molecular complexity index is 1210. The smallest absolute Gasteiger partial charge is 0.273 e. The maximum Gasteiger partial charge on any atom is 0.273 e. The second-order valence-corrected chi connectivity index (χ2v) is 7.98. The number of nitro groups is 1. The normalized spacial score (nSPS) is 11.0. The van der Waals surface area contributed by atoms with Crippen LogP contribution in [0.4, 0.5) is 21.5 Å². The molecule has 2 N–H and O–H groups in total. The van der Waals surface area contributed by atoms with Crippen molar-refractivity contribution in [2.24, 2.45) is 0 Å². The SMILES string of the molecule is Cc1c(C(=O)Nc2ccc(NS(=O)(=O)c3ccc(F)cc3)cc2)cccc1[N+](=O)[O-]. The monoisotopic (exact) mass is 429 g/mol. The van der Waals surface area contributed by atoms with Crippen LogP contribution in [0.15, 0.2) is 71.6 Å². The molecule has 0 unspecified atom stereocenters. The lowest BCUT2D eigenvalue weighted by molar-refractivity contribution is -0.385. The van der Waals surface area contributed by atoms with E-state index in [1.807, 2.05) is 0 Å². The number of carbonyl (C=O) groups excluding carboxylic acids is 1. The summed E-state index contributed by atoms with van der Waals surface area (Å²) in [6.07, 6.45) is 0. The van der Waals surface area contributed by atoms with Crippen LogP contribution < -0.4 is 10.0 Å². The third-order valence-electron chi connectivity index (χ3n) is 4.27. The van der Waals surface area contributed by atoms with Crippen molar-refractivity contribution >= 4 is 33.0 Å². The number of anilines is 2.